The topological polar surface area (TPSA) is 30.5 Å². The summed E-state index contributed by atoms with van der Waals surface area (Å²) in [6.45, 7) is 2.46. The molecule has 0 amide bonds. The minimum Gasteiger partial charge on any atom is -0.489 e. The van der Waals surface area contributed by atoms with E-state index in [9.17, 15) is 0 Å². The summed E-state index contributed by atoms with van der Waals surface area (Å²) < 4.78 is 12.3. The van der Waals surface area contributed by atoms with Crippen LogP contribution in [0.15, 0.2) is 22.7 Å². The second kappa shape index (κ2) is 9.44. The van der Waals surface area contributed by atoms with Crippen LogP contribution in [0.2, 0.25) is 0 Å². The van der Waals surface area contributed by atoms with Gasteiger partial charge in [-0.3, -0.25) is 0 Å². The van der Waals surface area contributed by atoms with E-state index in [1.165, 1.54) is 44.1 Å². The summed E-state index contributed by atoms with van der Waals surface area (Å²) in [6, 6.07) is 6.37. The third kappa shape index (κ3) is 5.97. The molecular formula is C17H26BrNO2. The van der Waals surface area contributed by atoms with Crippen molar-refractivity contribution in [3.8, 4) is 5.75 Å². The molecule has 0 aliphatic heterocycles. The molecule has 0 heterocycles. The molecule has 1 aromatic rings. The zero-order valence-corrected chi connectivity index (χ0v) is 14.5. The summed E-state index contributed by atoms with van der Waals surface area (Å²) in [5.74, 6) is 0.975. The number of nitrogens with one attached hydrogen (secondary N) is 1. The van der Waals surface area contributed by atoms with Gasteiger partial charge in [-0.05, 0) is 59.3 Å². The fourth-order valence-electron chi connectivity index (χ4n) is 2.70. The number of hydrogen-bond acceptors (Lipinski definition) is 3. The predicted octanol–water partition coefficient (Wildman–Crippen LogP) is 4.29. The van der Waals surface area contributed by atoms with E-state index in [-0.39, 0.29) is 0 Å². The zero-order chi connectivity index (χ0) is 14.9. The second-order valence-corrected chi connectivity index (χ2v) is 6.52. The normalized spacial score (nSPS) is 16.7. The predicted molar refractivity (Wildman–Crippen MR) is 89.8 cm³/mol. The van der Waals surface area contributed by atoms with Gasteiger partial charge in [-0.1, -0.05) is 18.9 Å². The van der Waals surface area contributed by atoms with Gasteiger partial charge in [0.25, 0.3) is 0 Å². The van der Waals surface area contributed by atoms with Gasteiger partial charge < -0.3 is 14.8 Å². The Kier molecular flexibility index (Phi) is 7.54. The lowest BCUT2D eigenvalue weighted by molar-refractivity contribution is 0.182. The van der Waals surface area contributed by atoms with Gasteiger partial charge in [0.2, 0.25) is 0 Å². The fraction of sp³-hybridized carbons (Fsp3) is 0.647. The SMILES string of the molecule is COCCNCc1ccc(OC2CCCCCC2)c(Br)c1. The Morgan fingerprint density at radius 1 is 1.19 bits per heavy atom. The largest absolute Gasteiger partial charge is 0.489 e. The highest BCUT2D eigenvalue weighted by molar-refractivity contribution is 9.10. The number of halogens is 1. The average Bonchev–Trinajstić information content (AvgIpc) is 2.75. The van der Waals surface area contributed by atoms with Crippen molar-refractivity contribution in [3.05, 3.63) is 28.2 Å². The maximum atomic E-state index is 6.18. The quantitative estimate of drug-likeness (QED) is 0.584. The van der Waals surface area contributed by atoms with Gasteiger partial charge in [0.05, 0.1) is 17.2 Å². The highest BCUT2D eigenvalue weighted by Gasteiger charge is 2.15. The summed E-state index contributed by atoms with van der Waals surface area (Å²) in [5, 5.41) is 3.35. The van der Waals surface area contributed by atoms with Crippen LogP contribution in [0.3, 0.4) is 0 Å². The maximum absolute atomic E-state index is 6.18. The number of hydrogen-bond donors (Lipinski definition) is 1. The minimum absolute atomic E-state index is 0.384. The first-order chi connectivity index (χ1) is 10.3. The lowest BCUT2D eigenvalue weighted by atomic mass is 10.1. The van der Waals surface area contributed by atoms with Gasteiger partial charge in [-0.2, -0.15) is 0 Å². The summed E-state index contributed by atoms with van der Waals surface area (Å²) >= 11 is 3.64. The van der Waals surface area contributed by atoms with Crippen LogP contribution < -0.4 is 10.1 Å². The lowest BCUT2D eigenvalue weighted by Crippen LogP contribution is -2.18. The first-order valence-corrected chi connectivity index (χ1v) is 8.73. The second-order valence-electron chi connectivity index (χ2n) is 5.67. The van der Waals surface area contributed by atoms with Gasteiger partial charge in [-0.15, -0.1) is 0 Å². The van der Waals surface area contributed by atoms with Crippen molar-refractivity contribution >= 4 is 15.9 Å². The maximum Gasteiger partial charge on any atom is 0.133 e. The first kappa shape index (κ1) is 16.8. The summed E-state index contributed by atoms with van der Waals surface area (Å²) in [5.41, 5.74) is 1.26. The van der Waals surface area contributed by atoms with E-state index in [1.54, 1.807) is 7.11 Å². The molecule has 118 valence electrons. The monoisotopic (exact) mass is 355 g/mol. The number of benzene rings is 1. The van der Waals surface area contributed by atoms with Crippen molar-refractivity contribution in [3.63, 3.8) is 0 Å². The molecule has 2 rings (SSSR count). The van der Waals surface area contributed by atoms with Crippen LogP contribution in [0.1, 0.15) is 44.1 Å². The highest BCUT2D eigenvalue weighted by atomic mass is 79.9. The molecule has 0 atom stereocenters. The van der Waals surface area contributed by atoms with Crippen molar-refractivity contribution in [2.45, 2.75) is 51.2 Å². The molecule has 1 aliphatic rings. The number of methoxy groups -OCH3 is 1. The molecule has 0 spiro atoms. The van der Waals surface area contributed by atoms with Crippen LogP contribution in [-0.4, -0.2) is 26.4 Å². The van der Waals surface area contributed by atoms with Crippen LogP contribution in [0.25, 0.3) is 0 Å². The van der Waals surface area contributed by atoms with Gasteiger partial charge in [-0.25, -0.2) is 0 Å². The molecule has 0 radical (unpaired) electrons. The van der Waals surface area contributed by atoms with Crippen molar-refractivity contribution < 1.29 is 9.47 Å². The van der Waals surface area contributed by atoms with Crippen LogP contribution >= 0.6 is 15.9 Å². The molecule has 0 unspecified atom stereocenters. The van der Waals surface area contributed by atoms with Crippen molar-refractivity contribution in [2.75, 3.05) is 20.3 Å². The first-order valence-electron chi connectivity index (χ1n) is 7.94. The van der Waals surface area contributed by atoms with Gasteiger partial charge in [0.15, 0.2) is 0 Å². The highest BCUT2D eigenvalue weighted by Crippen LogP contribution is 2.29. The molecule has 1 aliphatic carbocycles. The van der Waals surface area contributed by atoms with Crippen LogP contribution in [0, 0.1) is 0 Å². The molecule has 1 saturated carbocycles. The van der Waals surface area contributed by atoms with Crippen molar-refractivity contribution in [2.24, 2.45) is 0 Å². The molecule has 1 N–H and O–H groups in total. The van der Waals surface area contributed by atoms with Crippen molar-refractivity contribution in [1.82, 2.24) is 5.32 Å². The van der Waals surface area contributed by atoms with E-state index in [0.29, 0.717) is 6.10 Å². The number of rotatable bonds is 7. The fourth-order valence-corrected chi connectivity index (χ4v) is 3.22. The van der Waals surface area contributed by atoms with E-state index < -0.39 is 0 Å². The Labute approximate surface area is 136 Å². The third-order valence-corrected chi connectivity index (χ3v) is 4.52. The molecule has 0 saturated heterocycles. The van der Waals surface area contributed by atoms with Gasteiger partial charge >= 0.3 is 0 Å². The molecule has 1 fully saturated rings. The number of ether oxygens (including phenoxy) is 2. The molecule has 0 aromatic heterocycles. The molecular weight excluding hydrogens is 330 g/mol. The Balaban J connectivity index is 1.86. The van der Waals surface area contributed by atoms with Crippen molar-refractivity contribution in [1.29, 1.82) is 0 Å². The lowest BCUT2D eigenvalue weighted by Gasteiger charge is -2.18. The standard InChI is InChI=1S/C17H26BrNO2/c1-20-11-10-19-13-14-8-9-17(16(18)12-14)21-15-6-4-2-3-5-7-15/h8-9,12,15,19H,2-7,10-11,13H2,1H3. The van der Waals surface area contributed by atoms with Crippen LogP contribution in [0.5, 0.6) is 5.75 Å². The average molecular weight is 356 g/mol. The third-order valence-electron chi connectivity index (χ3n) is 3.90. The van der Waals surface area contributed by atoms with Crippen LogP contribution in [0.4, 0.5) is 0 Å². The van der Waals surface area contributed by atoms with E-state index in [2.05, 4.69) is 39.4 Å². The summed E-state index contributed by atoms with van der Waals surface area (Å²) in [4.78, 5) is 0. The molecule has 3 nitrogen and oxygen atoms in total. The van der Waals surface area contributed by atoms with E-state index in [0.717, 1.165) is 29.9 Å². The minimum atomic E-state index is 0.384. The molecule has 21 heavy (non-hydrogen) atoms. The Morgan fingerprint density at radius 2 is 1.95 bits per heavy atom. The zero-order valence-electron chi connectivity index (χ0n) is 12.9. The van der Waals surface area contributed by atoms with E-state index in [1.807, 2.05) is 0 Å². The van der Waals surface area contributed by atoms with E-state index in [4.69, 9.17) is 9.47 Å². The smallest absolute Gasteiger partial charge is 0.133 e. The van der Waals surface area contributed by atoms with Gasteiger partial charge in [0.1, 0.15) is 5.75 Å². The van der Waals surface area contributed by atoms with Crippen LogP contribution in [-0.2, 0) is 11.3 Å². The van der Waals surface area contributed by atoms with Gasteiger partial charge in [0, 0.05) is 20.2 Å². The summed E-state index contributed by atoms with van der Waals surface area (Å²) in [6.07, 6.45) is 8.06. The Bertz CT molecular complexity index is 417. The molecule has 4 heteroatoms. The molecule has 1 aromatic carbocycles. The Hall–Kier alpha value is -0.580. The van der Waals surface area contributed by atoms with E-state index >= 15 is 0 Å². The Morgan fingerprint density at radius 3 is 2.62 bits per heavy atom. The molecule has 0 bridgehead atoms. The summed E-state index contributed by atoms with van der Waals surface area (Å²) in [7, 11) is 1.72.